The summed E-state index contributed by atoms with van der Waals surface area (Å²) in [6.45, 7) is 8.53. The Hall–Kier alpha value is -1.80. The summed E-state index contributed by atoms with van der Waals surface area (Å²) >= 11 is 0. The fourth-order valence-electron chi connectivity index (χ4n) is 2.41. The molecule has 0 radical (unpaired) electrons. The van der Waals surface area contributed by atoms with E-state index in [1.54, 1.807) is 6.92 Å². The van der Waals surface area contributed by atoms with Crippen molar-refractivity contribution in [2.75, 3.05) is 0 Å². The Balaban J connectivity index is 2.11. The van der Waals surface area contributed by atoms with Crippen LogP contribution in [0.2, 0.25) is 0 Å². The van der Waals surface area contributed by atoms with E-state index in [0.29, 0.717) is 6.61 Å². The zero-order valence-corrected chi connectivity index (χ0v) is 12.6. The predicted octanol–water partition coefficient (Wildman–Crippen LogP) is 4.24. The molecule has 20 heavy (non-hydrogen) atoms. The van der Waals surface area contributed by atoms with Crippen LogP contribution in [0.3, 0.4) is 0 Å². The monoisotopic (exact) mass is 270 g/mol. The second-order valence-corrected chi connectivity index (χ2v) is 5.49. The number of aryl methyl sites for hydroxylation is 3. The van der Waals surface area contributed by atoms with Crippen LogP contribution in [0.4, 0.5) is 0 Å². The normalized spacial score (nSPS) is 12.2. The van der Waals surface area contributed by atoms with Crippen LogP contribution in [0.1, 0.15) is 40.8 Å². The van der Waals surface area contributed by atoms with E-state index in [1.165, 1.54) is 16.7 Å². The Morgan fingerprint density at radius 1 is 1.00 bits per heavy atom. The maximum atomic E-state index is 9.57. The molecule has 2 rings (SSSR count). The number of hydrogen-bond acceptors (Lipinski definition) is 2. The first kappa shape index (κ1) is 14.6. The van der Waals surface area contributed by atoms with Crippen molar-refractivity contribution in [1.29, 1.82) is 0 Å². The Labute approximate surface area is 121 Å². The third kappa shape index (κ3) is 3.61. The molecule has 2 aromatic rings. The van der Waals surface area contributed by atoms with Gasteiger partial charge in [-0.15, -0.1) is 0 Å². The number of ether oxygens (including phenoxy) is 1. The Morgan fingerprint density at radius 2 is 1.65 bits per heavy atom. The van der Waals surface area contributed by atoms with Crippen LogP contribution in [0, 0.1) is 20.8 Å². The van der Waals surface area contributed by atoms with Gasteiger partial charge in [-0.25, -0.2) is 0 Å². The number of aliphatic hydroxyl groups is 1. The molecule has 0 amide bonds. The van der Waals surface area contributed by atoms with Crippen LogP contribution in [0.15, 0.2) is 36.4 Å². The van der Waals surface area contributed by atoms with Crippen molar-refractivity contribution in [2.45, 2.75) is 40.4 Å². The number of hydrogen-bond donors (Lipinski definition) is 1. The van der Waals surface area contributed by atoms with Gasteiger partial charge in [0.15, 0.2) is 0 Å². The molecule has 0 saturated heterocycles. The van der Waals surface area contributed by atoms with E-state index in [4.69, 9.17) is 4.74 Å². The van der Waals surface area contributed by atoms with Gasteiger partial charge in [-0.05, 0) is 56.5 Å². The zero-order chi connectivity index (χ0) is 14.7. The van der Waals surface area contributed by atoms with Crippen LogP contribution < -0.4 is 4.74 Å². The van der Waals surface area contributed by atoms with E-state index in [-0.39, 0.29) is 0 Å². The lowest BCUT2D eigenvalue weighted by Crippen LogP contribution is -1.99. The van der Waals surface area contributed by atoms with Gasteiger partial charge in [-0.3, -0.25) is 0 Å². The molecule has 0 bridgehead atoms. The smallest absolute Gasteiger partial charge is 0.122 e. The maximum Gasteiger partial charge on any atom is 0.122 e. The molecule has 0 aliphatic carbocycles. The highest BCUT2D eigenvalue weighted by Crippen LogP contribution is 2.23. The van der Waals surface area contributed by atoms with Gasteiger partial charge in [0.2, 0.25) is 0 Å². The van der Waals surface area contributed by atoms with Crippen LogP contribution in [-0.4, -0.2) is 5.11 Å². The highest BCUT2D eigenvalue weighted by atomic mass is 16.5. The molecule has 1 N–H and O–H groups in total. The van der Waals surface area contributed by atoms with E-state index in [9.17, 15) is 5.11 Å². The minimum absolute atomic E-state index is 0.442. The quantitative estimate of drug-likeness (QED) is 0.900. The first-order chi connectivity index (χ1) is 9.45. The Bertz CT molecular complexity index is 580. The van der Waals surface area contributed by atoms with E-state index in [2.05, 4.69) is 32.0 Å². The molecule has 2 aromatic carbocycles. The van der Waals surface area contributed by atoms with E-state index in [1.807, 2.05) is 25.1 Å². The number of aliphatic hydroxyl groups excluding tert-OH is 1. The van der Waals surface area contributed by atoms with Gasteiger partial charge in [-0.1, -0.05) is 35.4 Å². The second-order valence-electron chi connectivity index (χ2n) is 5.49. The van der Waals surface area contributed by atoms with Gasteiger partial charge in [0.05, 0.1) is 6.10 Å². The van der Waals surface area contributed by atoms with Crippen molar-refractivity contribution < 1.29 is 9.84 Å². The number of benzene rings is 2. The average Bonchev–Trinajstić information content (AvgIpc) is 2.36. The summed E-state index contributed by atoms with van der Waals surface area (Å²) in [5.41, 5.74) is 5.66. The van der Waals surface area contributed by atoms with Gasteiger partial charge in [0.25, 0.3) is 0 Å². The van der Waals surface area contributed by atoms with Crippen molar-refractivity contribution >= 4 is 0 Å². The Kier molecular flexibility index (Phi) is 4.46. The molecule has 0 spiro atoms. The van der Waals surface area contributed by atoms with Gasteiger partial charge < -0.3 is 9.84 Å². The standard InChI is InChI=1S/C18H22O2/c1-12-7-13(2)9-16(8-12)11-20-18-6-5-17(15(4)19)10-14(18)3/h5-10,15,19H,11H2,1-4H3. The van der Waals surface area contributed by atoms with Crippen LogP contribution in [0.5, 0.6) is 5.75 Å². The van der Waals surface area contributed by atoms with Crippen molar-refractivity contribution in [3.63, 3.8) is 0 Å². The molecule has 0 heterocycles. The number of rotatable bonds is 4. The molecular weight excluding hydrogens is 248 g/mol. The largest absolute Gasteiger partial charge is 0.489 e. The fourth-order valence-corrected chi connectivity index (χ4v) is 2.41. The lowest BCUT2D eigenvalue weighted by Gasteiger charge is -2.12. The van der Waals surface area contributed by atoms with Gasteiger partial charge in [0, 0.05) is 0 Å². The maximum absolute atomic E-state index is 9.57. The second kappa shape index (κ2) is 6.10. The summed E-state index contributed by atoms with van der Waals surface area (Å²) in [6.07, 6.45) is -0.442. The van der Waals surface area contributed by atoms with Crippen LogP contribution in [0.25, 0.3) is 0 Å². The van der Waals surface area contributed by atoms with Crippen LogP contribution in [-0.2, 0) is 6.61 Å². The van der Waals surface area contributed by atoms with Crippen molar-refractivity contribution in [3.05, 3.63) is 64.2 Å². The fraction of sp³-hybridized carbons (Fsp3) is 0.333. The summed E-state index contributed by atoms with van der Waals surface area (Å²) in [5, 5.41) is 9.57. The molecule has 0 aliphatic heterocycles. The van der Waals surface area contributed by atoms with Crippen molar-refractivity contribution in [2.24, 2.45) is 0 Å². The van der Waals surface area contributed by atoms with E-state index in [0.717, 1.165) is 16.9 Å². The van der Waals surface area contributed by atoms with E-state index < -0.39 is 6.10 Å². The zero-order valence-electron chi connectivity index (χ0n) is 12.6. The summed E-state index contributed by atoms with van der Waals surface area (Å²) in [6, 6.07) is 12.3. The third-order valence-corrected chi connectivity index (χ3v) is 3.36. The molecule has 0 saturated carbocycles. The molecule has 1 atom stereocenters. The van der Waals surface area contributed by atoms with Gasteiger partial charge in [0.1, 0.15) is 12.4 Å². The SMILES string of the molecule is Cc1cc(C)cc(COc2ccc(C(C)O)cc2C)c1. The highest BCUT2D eigenvalue weighted by molar-refractivity contribution is 5.37. The van der Waals surface area contributed by atoms with Crippen molar-refractivity contribution in [3.8, 4) is 5.75 Å². The predicted molar refractivity (Wildman–Crippen MR) is 82.1 cm³/mol. The summed E-state index contributed by atoms with van der Waals surface area (Å²) in [7, 11) is 0. The highest BCUT2D eigenvalue weighted by Gasteiger charge is 2.05. The minimum Gasteiger partial charge on any atom is -0.489 e. The first-order valence-corrected chi connectivity index (χ1v) is 6.94. The van der Waals surface area contributed by atoms with E-state index >= 15 is 0 Å². The minimum atomic E-state index is -0.442. The van der Waals surface area contributed by atoms with Gasteiger partial charge >= 0.3 is 0 Å². The Morgan fingerprint density at radius 3 is 2.20 bits per heavy atom. The van der Waals surface area contributed by atoms with Crippen molar-refractivity contribution in [1.82, 2.24) is 0 Å². The molecule has 2 nitrogen and oxygen atoms in total. The first-order valence-electron chi connectivity index (χ1n) is 6.94. The third-order valence-electron chi connectivity index (χ3n) is 3.36. The average molecular weight is 270 g/mol. The summed E-state index contributed by atoms with van der Waals surface area (Å²) in [5.74, 6) is 0.869. The topological polar surface area (TPSA) is 29.5 Å². The lowest BCUT2D eigenvalue weighted by molar-refractivity contribution is 0.199. The molecule has 0 aliphatic rings. The molecule has 106 valence electrons. The van der Waals surface area contributed by atoms with Crippen LogP contribution >= 0.6 is 0 Å². The molecule has 1 unspecified atom stereocenters. The molecule has 2 heteroatoms. The summed E-state index contributed by atoms with van der Waals surface area (Å²) < 4.78 is 5.89. The molecule has 0 aromatic heterocycles. The van der Waals surface area contributed by atoms with Gasteiger partial charge in [-0.2, -0.15) is 0 Å². The lowest BCUT2D eigenvalue weighted by atomic mass is 10.1. The summed E-state index contributed by atoms with van der Waals surface area (Å²) in [4.78, 5) is 0. The molecular formula is C18H22O2. The molecule has 0 fully saturated rings.